The van der Waals surface area contributed by atoms with Gasteiger partial charge in [0.05, 0.1) is 11.5 Å². The van der Waals surface area contributed by atoms with Gasteiger partial charge in [0.25, 0.3) is 0 Å². The minimum absolute atomic E-state index is 0.0121. The van der Waals surface area contributed by atoms with E-state index in [4.69, 9.17) is 5.73 Å². The number of sulfone groups is 1. The van der Waals surface area contributed by atoms with E-state index in [1.165, 1.54) is 5.56 Å². The monoisotopic (exact) mass is 296 g/mol. The second-order valence-electron chi connectivity index (χ2n) is 6.29. The van der Waals surface area contributed by atoms with Gasteiger partial charge in [-0.15, -0.1) is 0 Å². The van der Waals surface area contributed by atoms with Crippen LogP contribution in [0.1, 0.15) is 25.8 Å². The molecule has 1 aromatic rings. The van der Waals surface area contributed by atoms with Crippen LogP contribution in [0, 0.1) is 0 Å². The van der Waals surface area contributed by atoms with Crippen LogP contribution in [0.3, 0.4) is 0 Å². The standard InChI is InChI=1S/C15H24N2O2S/c1-15(2,13-4-6-14(16)7-5-13)12-17-8-3-10-20(18,19)11-9-17/h4-7H,3,8-12,16H2,1-2H3. The Morgan fingerprint density at radius 2 is 1.80 bits per heavy atom. The maximum absolute atomic E-state index is 11.6. The summed E-state index contributed by atoms with van der Waals surface area (Å²) in [6, 6.07) is 7.96. The summed E-state index contributed by atoms with van der Waals surface area (Å²) in [4.78, 5) is 2.26. The number of nitrogen functional groups attached to an aromatic ring is 1. The van der Waals surface area contributed by atoms with Crippen molar-refractivity contribution < 1.29 is 8.42 Å². The van der Waals surface area contributed by atoms with Gasteiger partial charge in [0, 0.05) is 24.2 Å². The summed E-state index contributed by atoms with van der Waals surface area (Å²) >= 11 is 0. The summed E-state index contributed by atoms with van der Waals surface area (Å²) in [7, 11) is -2.84. The Morgan fingerprint density at radius 1 is 1.15 bits per heavy atom. The van der Waals surface area contributed by atoms with E-state index in [0.717, 1.165) is 25.2 Å². The van der Waals surface area contributed by atoms with Crippen LogP contribution in [0.25, 0.3) is 0 Å². The Balaban J connectivity index is 2.06. The molecule has 0 aromatic heterocycles. The molecule has 1 aromatic carbocycles. The molecule has 0 bridgehead atoms. The van der Waals surface area contributed by atoms with E-state index >= 15 is 0 Å². The van der Waals surface area contributed by atoms with Crippen molar-refractivity contribution in [2.24, 2.45) is 0 Å². The smallest absolute Gasteiger partial charge is 0.151 e. The second-order valence-corrected chi connectivity index (χ2v) is 8.59. The topological polar surface area (TPSA) is 63.4 Å². The van der Waals surface area contributed by atoms with E-state index in [1.807, 2.05) is 12.1 Å². The fraction of sp³-hybridized carbons (Fsp3) is 0.600. The number of rotatable bonds is 3. The first kappa shape index (κ1) is 15.3. The zero-order valence-corrected chi connectivity index (χ0v) is 13.1. The van der Waals surface area contributed by atoms with Crippen molar-refractivity contribution >= 4 is 15.5 Å². The molecule has 1 heterocycles. The van der Waals surface area contributed by atoms with Crippen LogP contribution in [-0.2, 0) is 15.3 Å². The summed E-state index contributed by atoms with van der Waals surface area (Å²) in [5, 5.41) is 0. The molecule has 0 radical (unpaired) electrons. The van der Waals surface area contributed by atoms with E-state index in [0.29, 0.717) is 12.3 Å². The molecular weight excluding hydrogens is 272 g/mol. The highest BCUT2D eigenvalue weighted by atomic mass is 32.2. The number of benzene rings is 1. The quantitative estimate of drug-likeness (QED) is 0.862. The third-order valence-electron chi connectivity index (χ3n) is 3.96. The second kappa shape index (κ2) is 5.74. The molecule has 0 spiro atoms. The Kier molecular flexibility index (Phi) is 4.39. The van der Waals surface area contributed by atoms with Crippen LogP contribution < -0.4 is 5.73 Å². The fourth-order valence-electron chi connectivity index (χ4n) is 2.73. The first-order chi connectivity index (χ1) is 9.28. The molecular formula is C15H24N2O2S. The average molecular weight is 296 g/mol. The minimum Gasteiger partial charge on any atom is -0.399 e. The lowest BCUT2D eigenvalue weighted by atomic mass is 9.84. The van der Waals surface area contributed by atoms with E-state index in [1.54, 1.807) is 0 Å². The summed E-state index contributed by atoms with van der Waals surface area (Å²) in [5.41, 5.74) is 7.72. The summed E-state index contributed by atoms with van der Waals surface area (Å²) in [6.07, 6.45) is 0.736. The van der Waals surface area contributed by atoms with E-state index < -0.39 is 9.84 Å². The highest BCUT2D eigenvalue weighted by molar-refractivity contribution is 7.91. The molecule has 2 N–H and O–H groups in total. The van der Waals surface area contributed by atoms with Crippen molar-refractivity contribution in [3.8, 4) is 0 Å². The molecule has 2 rings (SSSR count). The number of nitrogens with zero attached hydrogens (tertiary/aromatic N) is 1. The van der Waals surface area contributed by atoms with Crippen LogP contribution in [0.15, 0.2) is 24.3 Å². The van der Waals surface area contributed by atoms with Gasteiger partial charge < -0.3 is 10.6 Å². The molecule has 0 atom stereocenters. The van der Waals surface area contributed by atoms with Crippen molar-refractivity contribution in [3.05, 3.63) is 29.8 Å². The maximum Gasteiger partial charge on any atom is 0.151 e. The molecule has 0 amide bonds. The van der Waals surface area contributed by atoms with Crippen molar-refractivity contribution in [2.45, 2.75) is 25.7 Å². The summed E-state index contributed by atoms with van der Waals surface area (Å²) in [6.45, 7) is 6.75. The molecule has 1 fully saturated rings. The van der Waals surface area contributed by atoms with E-state index in [-0.39, 0.29) is 11.2 Å². The molecule has 1 aliphatic heterocycles. The number of nitrogens with two attached hydrogens (primary N) is 1. The molecule has 112 valence electrons. The lowest BCUT2D eigenvalue weighted by Crippen LogP contribution is -2.38. The Labute approximate surface area is 121 Å². The predicted molar refractivity (Wildman–Crippen MR) is 83.6 cm³/mol. The van der Waals surface area contributed by atoms with Crippen molar-refractivity contribution in [1.82, 2.24) is 4.90 Å². The fourth-order valence-corrected chi connectivity index (χ4v) is 4.04. The molecule has 0 unspecified atom stereocenters. The van der Waals surface area contributed by atoms with Gasteiger partial charge in [0.2, 0.25) is 0 Å². The van der Waals surface area contributed by atoms with Gasteiger partial charge in [0.15, 0.2) is 9.84 Å². The summed E-state index contributed by atoms with van der Waals surface area (Å²) < 4.78 is 23.3. The van der Waals surface area contributed by atoms with E-state index in [2.05, 4.69) is 30.9 Å². The van der Waals surface area contributed by atoms with Gasteiger partial charge in [0.1, 0.15) is 0 Å². The lowest BCUT2D eigenvalue weighted by Gasteiger charge is -2.32. The predicted octanol–water partition coefficient (Wildman–Crippen LogP) is 1.67. The first-order valence-electron chi connectivity index (χ1n) is 7.07. The number of hydrogen-bond donors (Lipinski definition) is 1. The normalized spacial score (nSPS) is 20.5. The molecule has 0 aliphatic carbocycles. The molecule has 4 nitrogen and oxygen atoms in total. The number of hydrogen-bond acceptors (Lipinski definition) is 4. The third kappa shape index (κ3) is 3.96. The lowest BCUT2D eigenvalue weighted by molar-refractivity contribution is 0.239. The van der Waals surface area contributed by atoms with Crippen molar-refractivity contribution in [2.75, 3.05) is 36.9 Å². The average Bonchev–Trinajstić information content (AvgIpc) is 2.51. The van der Waals surface area contributed by atoms with Gasteiger partial charge in [-0.2, -0.15) is 0 Å². The molecule has 5 heteroatoms. The van der Waals surface area contributed by atoms with E-state index in [9.17, 15) is 8.42 Å². The zero-order chi connectivity index (χ0) is 14.8. The van der Waals surface area contributed by atoms with Crippen LogP contribution in [0.2, 0.25) is 0 Å². The summed E-state index contributed by atoms with van der Waals surface area (Å²) in [5.74, 6) is 0.608. The SMILES string of the molecule is CC(C)(CN1CCCS(=O)(=O)CC1)c1ccc(N)cc1. The van der Waals surface area contributed by atoms with Crippen LogP contribution in [0.4, 0.5) is 5.69 Å². The van der Waals surface area contributed by atoms with Crippen molar-refractivity contribution in [3.63, 3.8) is 0 Å². The van der Waals surface area contributed by atoms with Gasteiger partial charge >= 0.3 is 0 Å². The Hall–Kier alpha value is -1.07. The molecule has 1 saturated heterocycles. The largest absolute Gasteiger partial charge is 0.399 e. The number of anilines is 1. The van der Waals surface area contributed by atoms with Crippen LogP contribution >= 0.6 is 0 Å². The molecule has 20 heavy (non-hydrogen) atoms. The molecule has 1 aliphatic rings. The Bertz CT molecular complexity index is 550. The van der Waals surface area contributed by atoms with Gasteiger partial charge in [-0.3, -0.25) is 0 Å². The third-order valence-corrected chi connectivity index (χ3v) is 5.67. The zero-order valence-electron chi connectivity index (χ0n) is 12.3. The van der Waals surface area contributed by atoms with Crippen LogP contribution in [-0.4, -0.2) is 44.5 Å². The minimum atomic E-state index is -2.84. The van der Waals surface area contributed by atoms with Crippen LogP contribution in [0.5, 0.6) is 0 Å². The van der Waals surface area contributed by atoms with Crippen molar-refractivity contribution in [1.29, 1.82) is 0 Å². The highest BCUT2D eigenvalue weighted by Crippen LogP contribution is 2.25. The van der Waals surface area contributed by atoms with Gasteiger partial charge in [-0.25, -0.2) is 8.42 Å². The highest BCUT2D eigenvalue weighted by Gasteiger charge is 2.26. The maximum atomic E-state index is 11.6. The Morgan fingerprint density at radius 3 is 2.45 bits per heavy atom. The first-order valence-corrected chi connectivity index (χ1v) is 8.89. The van der Waals surface area contributed by atoms with Gasteiger partial charge in [-0.1, -0.05) is 26.0 Å². The van der Waals surface area contributed by atoms with Gasteiger partial charge in [-0.05, 0) is 30.7 Å². The molecule has 0 saturated carbocycles.